The fourth-order valence-electron chi connectivity index (χ4n) is 6.07. The number of hydrogen-bond acceptors (Lipinski definition) is 1. The number of benzene rings is 2. The minimum Gasteiger partial charge on any atom is -0.304 e. The molecule has 1 nitrogen and oxygen atoms in total. The quantitative estimate of drug-likeness (QED) is 0.318. The molecule has 6 rings (SSSR count). The van der Waals surface area contributed by atoms with Crippen molar-refractivity contribution in [3.63, 3.8) is 0 Å². The third kappa shape index (κ3) is 3.20. The van der Waals surface area contributed by atoms with Crippen LogP contribution in [0.15, 0.2) is 24.4 Å². The number of pyridine rings is 1. The minimum atomic E-state index is 0. The van der Waals surface area contributed by atoms with Crippen molar-refractivity contribution in [1.29, 1.82) is 0 Å². The van der Waals surface area contributed by atoms with Crippen molar-refractivity contribution in [3.05, 3.63) is 63.8 Å². The number of aryl methyl sites for hydroxylation is 4. The first-order valence-electron chi connectivity index (χ1n) is 11.4. The van der Waals surface area contributed by atoms with Crippen LogP contribution in [0.1, 0.15) is 71.9 Å². The van der Waals surface area contributed by atoms with Crippen molar-refractivity contribution in [1.82, 2.24) is 4.98 Å². The summed E-state index contributed by atoms with van der Waals surface area (Å²) < 4.78 is 0. The van der Waals surface area contributed by atoms with Gasteiger partial charge >= 0.3 is 0 Å². The van der Waals surface area contributed by atoms with Gasteiger partial charge in [-0.05, 0) is 103 Å². The third-order valence-corrected chi connectivity index (χ3v) is 7.41. The molecule has 151 valence electrons. The van der Waals surface area contributed by atoms with Gasteiger partial charge in [0.2, 0.25) is 0 Å². The maximum Gasteiger partial charge on any atom is 0.0167 e. The second kappa shape index (κ2) is 7.97. The van der Waals surface area contributed by atoms with Gasteiger partial charge in [0.1, 0.15) is 0 Å². The molecule has 0 bridgehead atoms. The summed E-state index contributed by atoms with van der Waals surface area (Å²) in [5.41, 5.74) is 12.1. The molecule has 1 heterocycles. The van der Waals surface area contributed by atoms with E-state index in [0.717, 1.165) is 0 Å². The monoisotopic (exact) mass is 559 g/mol. The predicted octanol–water partition coefficient (Wildman–Crippen LogP) is 6.34. The van der Waals surface area contributed by atoms with Crippen molar-refractivity contribution in [2.24, 2.45) is 0 Å². The Morgan fingerprint density at radius 3 is 2.10 bits per heavy atom. The van der Waals surface area contributed by atoms with E-state index in [1.54, 1.807) is 22.3 Å². The second-order valence-electron chi connectivity index (χ2n) is 9.01. The summed E-state index contributed by atoms with van der Waals surface area (Å²) in [6, 6.07) is 10.6. The van der Waals surface area contributed by atoms with E-state index in [4.69, 9.17) is 4.98 Å². The van der Waals surface area contributed by atoms with Crippen molar-refractivity contribution in [3.8, 4) is 11.3 Å². The SMILES string of the molecule is [Ir].[c-]1cc2c(cc1-c1nccc3c4c(c5c(c13)CCCC5)CCCC4)CCCC2. The molecule has 1 aromatic heterocycles. The van der Waals surface area contributed by atoms with Gasteiger partial charge in [0.25, 0.3) is 0 Å². The molecule has 3 aliphatic carbocycles. The van der Waals surface area contributed by atoms with Gasteiger partial charge in [0.15, 0.2) is 0 Å². The molecule has 2 heteroatoms. The summed E-state index contributed by atoms with van der Waals surface area (Å²) in [7, 11) is 0. The molecule has 3 aliphatic rings. The van der Waals surface area contributed by atoms with Crippen LogP contribution in [0.25, 0.3) is 22.0 Å². The molecule has 3 aromatic rings. The zero-order valence-corrected chi connectivity index (χ0v) is 19.5. The topological polar surface area (TPSA) is 12.9 Å². The van der Waals surface area contributed by atoms with Crippen LogP contribution in [-0.2, 0) is 58.6 Å². The normalized spacial score (nSPS) is 17.8. The maximum atomic E-state index is 4.95. The van der Waals surface area contributed by atoms with E-state index in [1.807, 2.05) is 0 Å². The van der Waals surface area contributed by atoms with Crippen LogP contribution in [0.4, 0.5) is 0 Å². The van der Waals surface area contributed by atoms with Gasteiger partial charge < -0.3 is 4.98 Å². The van der Waals surface area contributed by atoms with Crippen LogP contribution < -0.4 is 0 Å². The Kier molecular flexibility index (Phi) is 5.35. The minimum absolute atomic E-state index is 0. The number of rotatable bonds is 1. The van der Waals surface area contributed by atoms with Crippen molar-refractivity contribution in [2.45, 2.75) is 77.0 Å². The summed E-state index contributed by atoms with van der Waals surface area (Å²) in [5, 5.41) is 2.95. The Hall–Kier alpha value is -1.50. The molecule has 0 saturated heterocycles. The zero-order chi connectivity index (χ0) is 18.5. The van der Waals surface area contributed by atoms with E-state index >= 15 is 0 Å². The molecule has 0 N–H and O–H groups in total. The van der Waals surface area contributed by atoms with Gasteiger partial charge in [-0.1, -0.05) is 19.3 Å². The molecule has 0 saturated carbocycles. The summed E-state index contributed by atoms with van der Waals surface area (Å²) in [6.45, 7) is 0. The second-order valence-corrected chi connectivity index (χ2v) is 9.01. The van der Waals surface area contributed by atoms with Crippen molar-refractivity contribution in [2.75, 3.05) is 0 Å². The standard InChI is InChI=1S/C27H28N.Ir/c1-2-8-19-17-20(14-13-18(19)7-1)27-26-24-12-6-5-10-22(24)21-9-3-4-11-23(21)25(26)15-16-28-27;/h13,15-17H,1-12H2;/q-1;. The van der Waals surface area contributed by atoms with E-state index in [1.165, 1.54) is 110 Å². The summed E-state index contributed by atoms with van der Waals surface area (Å²) in [6.07, 6.45) is 17.5. The maximum absolute atomic E-state index is 4.95. The predicted molar refractivity (Wildman–Crippen MR) is 116 cm³/mol. The van der Waals surface area contributed by atoms with Crippen LogP contribution in [-0.4, -0.2) is 4.98 Å². The van der Waals surface area contributed by atoms with Gasteiger partial charge in [-0.25, -0.2) is 0 Å². The Morgan fingerprint density at radius 2 is 1.31 bits per heavy atom. The average Bonchev–Trinajstić information content (AvgIpc) is 2.78. The Labute approximate surface area is 187 Å². The van der Waals surface area contributed by atoms with Crippen molar-refractivity contribution < 1.29 is 20.1 Å². The fraction of sp³-hybridized carbons (Fsp3) is 0.444. The van der Waals surface area contributed by atoms with E-state index in [0.29, 0.717) is 0 Å². The molecular formula is C27H28IrN-. The van der Waals surface area contributed by atoms with Gasteiger partial charge in [-0.15, -0.1) is 34.9 Å². The molecular weight excluding hydrogens is 531 g/mol. The van der Waals surface area contributed by atoms with Crippen LogP contribution >= 0.6 is 0 Å². The van der Waals surface area contributed by atoms with Gasteiger partial charge in [0.05, 0.1) is 0 Å². The van der Waals surface area contributed by atoms with E-state index < -0.39 is 0 Å². The Balaban J connectivity index is 0.00000181. The van der Waals surface area contributed by atoms with Crippen molar-refractivity contribution >= 4 is 10.8 Å². The van der Waals surface area contributed by atoms with E-state index in [2.05, 4.69) is 30.5 Å². The van der Waals surface area contributed by atoms with Gasteiger partial charge in [0, 0.05) is 26.3 Å². The van der Waals surface area contributed by atoms with Crippen LogP contribution in [0, 0.1) is 6.07 Å². The van der Waals surface area contributed by atoms with Crippen LogP contribution in [0.2, 0.25) is 0 Å². The van der Waals surface area contributed by atoms with E-state index in [-0.39, 0.29) is 20.1 Å². The average molecular weight is 559 g/mol. The number of hydrogen-bond donors (Lipinski definition) is 0. The summed E-state index contributed by atoms with van der Waals surface area (Å²) in [5.74, 6) is 0. The fourth-order valence-corrected chi connectivity index (χ4v) is 6.07. The zero-order valence-electron chi connectivity index (χ0n) is 17.1. The molecule has 1 radical (unpaired) electrons. The summed E-state index contributed by atoms with van der Waals surface area (Å²) >= 11 is 0. The first-order valence-corrected chi connectivity index (χ1v) is 11.4. The van der Waals surface area contributed by atoms with Crippen LogP contribution in [0.3, 0.4) is 0 Å². The van der Waals surface area contributed by atoms with Gasteiger partial charge in [-0.2, -0.15) is 0 Å². The Bertz CT molecular complexity index is 1080. The number of fused-ring (bicyclic) bond motifs is 7. The Morgan fingerprint density at radius 1 is 0.690 bits per heavy atom. The van der Waals surface area contributed by atoms with Gasteiger partial charge in [-0.3, -0.25) is 0 Å². The molecule has 0 fully saturated rings. The molecule has 0 spiro atoms. The molecule has 2 aromatic carbocycles. The number of aromatic nitrogens is 1. The summed E-state index contributed by atoms with van der Waals surface area (Å²) in [4.78, 5) is 4.95. The third-order valence-electron chi connectivity index (χ3n) is 7.41. The molecule has 0 unspecified atom stereocenters. The molecule has 0 aliphatic heterocycles. The largest absolute Gasteiger partial charge is 0.304 e. The molecule has 0 amide bonds. The molecule has 29 heavy (non-hydrogen) atoms. The van der Waals surface area contributed by atoms with E-state index in [9.17, 15) is 0 Å². The van der Waals surface area contributed by atoms with Crippen LogP contribution in [0.5, 0.6) is 0 Å². The number of nitrogens with zero attached hydrogens (tertiary/aromatic N) is 1. The first-order chi connectivity index (χ1) is 13.9. The first kappa shape index (κ1) is 19.5. The molecule has 0 atom stereocenters. The smallest absolute Gasteiger partial charge is 0.0167 e.